The van der Waals surface area contributed by atoms with Crippen molar-refractivity contribution in [1.82, 2.24) is 4.90 Å². The van der Waals surface area contributed by atoms with Crippen LogP contribution in [0.15, 0.2) is 60.7 Å². The van der Waals surface area contributed by atoms with Crippen LogP contribution in [0.25, 0.3) is 10.8 Å². The van der Waals surface area contributed by atoms with Crippen LogP contribution >= 0.6 is 11.6 Å². The van der Waals surface area contributed by atoms with Crippen molar-refractivity contribution in [3.63, 3.8) is 0 Å². The largest absolute Gasteiger partial charge is 0.444 e. The van der Waals surface area contributed by atoms with Gasteiger partial charge in [0.1, 0.15) is 6.61 Å². The first kappa shape index (κ1) is 21.8. The van der Waals surface area contributed by atoms with Crippen LogP contribution in [0.4, 0.5) is 10.5 Å². The van der Waals surface area contributed by atoms with E-state index in [4.69, 9.17) is 16.3 Å². The van der Waals surface area contributed by atoms with Crippen molar-refractivity contribution in [3.8, 4) is 0 Å². The Balaban J connectivity index is 1.58. The number of nitrogens with one attached hydrogen (secondary N) is 1. The van der Waals surface area contributed by atoms with Gasteiger partial charge in [-0.25, -0.2) is 4.79 Å². The second-order valence-electron chi connectivity index (χ2n) is 7.03. The van der Waals surface area contributed by atoms with Crippen LogP contribution in [-0.4, -0.2) is 29.3 Å². The van der Waals surface area contributed by atoms with Crippen molar-refractivity contribution in [2.24, 2.45) is 0 Å². The van der Waals surface area contributed by atoms with E-state index < -0.39 is 11.3 Å². The van der Waals surface area contributed by atoms with Crippen LogP contribution in [0.3, 0.4) is 0 Å². The molecule has 0 unspecified atom stereocenters. The van der Waals surface area contributed by atoms with E-state index in [1.54, 1.807) is 24.3 Å². The number of anilines is 1. The van der Waals surface area contributed by atoms with Gasteiger partial charge in [-0.2, -0.15) is 0 Å². The van der Waals surface area contributed by atoms with Crippen LogP contribution in [0.1, 0.15) is 35.3 Å². The minimum Gasteiger partial charge on any atom is -0.444 e. The van der Waals surface area contributed by atoms with Crippen molar-refractivity contribution in [1.29, 1.82) is 0 Å². The molecule has 0 fully saturated rings. The molecular formula is C24H25ClN2O3. The Hall–Kier alpha value is -2.89. The fraction of sp³-hybridized carbons (Fsp3) is 0.250. The minimum absolute atomic E-state index is 0.168. The summed E-state index contributed by atoms with van der Waals surface area (Å²) in [6, 6.07) is 18.8. The quantitative estimate of drug-likeness (QED) is 0.463. The number of halogens is 1. The van der Waals surface area contributed by atoms with Gasteiger partial charge in [0, 0.05) is 17.8 Å². The van der Waals surface area contributed by atoms with Crippen LogP contribution in [-0.2, 0) is 17.9 Å². The maximum atomic E-state index is 12.0. The number of hydrogen-bond donors (Lipinski definition) is 1. The highest BCUT2D eigenvalue weighted by Crippen LogP contribution is 2.20. The van der Waals surface area contributed by atoms with E-state index in [-0.39, 0.29) is 6.61 Å². The molecule has 0 aliphatic heterocycles. The fourth-order valence-corrected chi connectivity index (χ4v) is 3.35. The van der Waals surface area contributed by atoms with Crippen molar-refractivity contribution in [2.45, 2.75) is 27.0 Å². The number of amides is 1. The maximum absolute atomic E-state index is 12.0. The third-order valence-electron chi connectivity index (χ3n) is 5.00. The Kier molecular flexibility index (Phi) is 7.44. The lowest BCUT2D eigenvalue weighted by molar-refractivity contribution is 0.108. The van der Waals surface area contributed by atoms with Crippen molar-refractivity contribution in [3.05, 3.63) is 77.4 Å². The van der Waals surface area contributed by atoms with Gasteiger partial charge in [0.25, 0.3) is 5.24 Å². The number of carbonyl (C=O) groups excluding carboxylic acids is 2. The zero-order chi connectivity index (χ0) is 21.5. The SMILES string of the molecule is CCN(CC)Cc1ccc2cc(COC(=O)Nc3ccc(C(=O)Cl)cc3)ccc2c1. The van der Waals surface area contributed by atoms with Crippen molar-refractivity contribution in [2.75, 3.05) is 18.4 Å². The molecule has 0 bridgehead atoms. The molecule has 1 amide bonds. The Morgan fingerprint density at radius 2 is 1.50 bits per heavy atom. The van der Waals surface area contributed by atoms with Gasteiger partial charge < -0.3 is 4.74 Å². The second-order valence-corrected chi connectivity index (χ2v) is 7.37. The monoisotopic (exact) mass is 424 g/mol. The van der Waals surface area contributed by atoms with E-state index in [0.717, 1.165) is 30.6 Å². The average molecular weight is 425 g/mol. The predicted molar refractivity (Wildman–Crippen MR) is 121 cm³/mol. The number of nitrogens with zero attached hydrogens (tertiary/aromatic N) is 1. The first-order chi connectivity index (χ1) is 14.5. The molecule has 156 valence electrons. The van der Waals surface area contributed by atoms with E-state index in [1.165, 1.54) is 10.9 Å². The van der Waals surface area contributed by atoms with E-state index in [1.807, 2.05) is 12.1 Å². The number of hydrogen-bond acceptors (Lipinski definition) is 4. The van der Waals surface area contributed by atoms with Gasteiger partial charge in [-0.15, -0.1) is 0 Å². The van der Waals surface area contributed by atoms with Gasteiger partial charge in [-0.3, -0.25) is 15.0 Å². The summed E-state index contributed by atoms with van der Waals surface area (Å²) in [7, 11) is 0. The Morgan fingerprint density at radius 3 is 2.10 bits per heavy atom. The summed E-state index contributed by atoms with van der Waals surface area (Å²) in [5.41, 5.74) is 3.10. The molecule has 3 aromatic carbocycles. The molecule has 0 heterocycles. The van der Waals surface area contributed by atoms with Gasteiger partial charge in [0.2, 0.25) is 0 Å². The van der Waals surface area contributed by atoms with E-state index in [9.17, 15) is 9.59 Å². The van der Waals surface area contributed by atoms with Gasteiger partial charge in [-0.1, -0.05) is 38.1 Å². The maximum Gasteiger partial charge on any atom is 0.411 e. The lowest BCUT2D eigenvalue weighted by Gasteiger charge is -2.18. The summed E-state index contributed by atoms with van der Waals surface area (Å²) in [5, 5.41) is 4.37. The molecule has 3 aromatic rings. The molecule has 0 aliphatic carbocycles. The third kappa shape index (κ3) is 5.81. The lowest BCUT2D eigenvalue weighted by Crippen LogP contribution is -2.21. The topological polar surface area (TPSA) is 58.6 Å². The zero-order valence-electron chi connectivity index (χ0n) is 17.2. The summed E-state index contributed by atoms with van der Waals surface area (Å²) in [4.78, 5) is 25.5. The molecule has 3 rings (SSSR count). The number of ether oxygens (including phenoxy) is 1. The molecule has 0 saturated carbocycles. The zero-order valence-corrected chi connectivity index (χ0v) is 17.9. The molecule has 5 nitrogen and oxygen atoms in total. The minimum atomic E-state index is -0.561. The highest BCUT2D eigenvalue weighted by molar-refractivity contribution is 6.67. The highest BCUT2D eigenvalue weighted by Gasteiger charge is 2.07. The molecule has 6 heteroatoms. The van der Waals surface area contributed by atoms with Gasteiger partial charge in [0.15, 0.2) is 0 Å². The van der Waals surface area contributed by atoms with E-state index in [0.29, 0.717) is 11.3 Å². The Morgan fingerprint density at radius 1 is 0.900 bits per heavy atom. The number of benzene rings is 3. The predicted octanol–water partition coefficient (Wildman–Crippen LogP) is 5.81. The fourth-order valence-electron chi connectivity index (χ4n) is 3.23. The molecule has 0 atom stereocenters. The Bertz CT molecular complexity index is 1030. The molecule has 0 aromatic heterocycles. The summed E-state index contributed by atoms with van der Waals surface area (Å²) >= 11 is 5.41. The molecule has 0 saturated heterocycles. The van der Waals surface area contributed by atoms with Crippen molar-refractivity contribution < 1.29 is 14.3 Å². The molecule has 1 N–H and O–H groups in total. The van der Waals surface area contributed by atoms with Gasteiger partial charge in [0.05, 0.1) is 0 Å². The average Bonchev–Trinajstić information content (AvgIpc) is 2.76. The second kappa shape index (κ2) is 10.2. The van der Waals surface area contributed by atoms with Gasteiger partial charge in [-0.05, 0) is 83.0 Å². The lowest BCUT2D eigenvalue weighted by atomic mass is 10.0. The standard InChI is InChI=1S/C24H25ClN2O3/c1-3-27(4-2)15-17-5-7-21-14-18(6-8-20(21)13-17)16-30-24(29)26-22-11-9-19(10-12-22)23(25)28/h5-14H,3-4,15-16H2,1-2H3,(H,26,29). The first-order valence-corrected chi connectivity index (χ1v) is 10.3. The molecule has 0 radical (unpaired) electrons. The van der Waals surface area contributed by atoms with Crippen LogP contribution in [0.5, 0.6) is 0 Å². The summed E-state index contributed by atoms with van der Waals surface area (Å²) in [6.07, 6.45) is -0.561. The third-order valence-corrected chi connectivity index (χ3v) is 5.22. The Labute approximate surface area is 181 Å². The van der Waals surface area contributed by atoms with Crippen molar-refractivity contribution >= 4 is 39.4 Å². The van der Waals surface area contributed by atoms with E-state index in [2.05, 4.69) is 48.3 Å². The number of rotatable bonds is 8. The normalized spacial score (nSPS) is 10.9. The smallest absolute Gasteiger partial charge is 0.411 e. The molecule has 30 heavy (non-hydrogen) atoms. The van der Waals surface area contributed by atoms with E-state index >= 15 is 0 Å². The molecule has 0 spiro atoms. The summed E-state index contributed by atoms with van der Waals surface area (Å²) < 4.78 is 5.31. The van der Waals surface area contributed by atoms with Crippen LogP contribution in [0.2, 0.25) is 0 Å². The summed E-state index contributed by atoms with van der Waals surface area (Å²) in [5.74, 6) is 0. The number of fused-ring (bicyclic) bond motifs is 1. The summed E-state index contributed by atoms with van der Waals surface area (Å²) in [6.45, 7) is 7.50. The van der Waals surface area contributed by atoms with Crippen LogP contribution in [0, 0.1) is 0 Å². The molecule has 0 aliphatic rings. The van der Waals surface area contributed by atoms with Gasteiger partial charge >= 0.3 is 6.09 Å². The number of carbonyl (C=O) groups is 2. The highest BCUT2D eigenvalue weighted by atomic mass is 35.5. The first-order valence-electron chi connectivity index (χ1n) is 9.96. The van der Waals surface area contributed by atoms with Crippen LogP contribution < -0.4 is 5.32 Å². The molecular weight excluding hydrogens is 400 g/mol.